The summed E-state index contributed by atoms with van der Waals surface area (Å²) in [7, 11) is 0. The van der Waals surface area contributed by atoms with Gasteiger partial charge in [0.05, 0.1) is 6.61 Å². The Balaban J connectivity index is 1.55. The van der Waals surface area contributed by atoms with Gasteiger partial charge in [0.15, 0.2) is 0 Å². The van der Waals surface area contributed by atoms with Gasteiger partial charge in [0, 0.05) is 24.4 Å². The molecule has 0 aromatic carbocycles. The van der Waals surface area contributed by atoms with Crippen LogP contribution in [0.3, 0.4) is 0 Å². The van der Waals surface area contributed by atoms with Crippen molar-refractivity contribution in [3.63, 3.8) is 0 Å². The maximum atomic E-state index is 12.5. The highest BCUT2D eigenvalue weighted by atomic mass is 16.3. The first-order chi connectivity index (χ1) is 10.2. The largest absolute Gasteiger partial charge is 0.396 e. The van der Waals surface area contributed by atoms with E-state index in [1.165, 1.54) is 0 Å². The molecule has 1 heterocycles. The molecule has 0 spiro atoms. The summed E-state index contributed by atoms with van der Waals surface area (Å²) < 4.78 is 0. The van der Waals surface area contributed by atoms with Gasteiger partial charge < -0.3 is 15.3 Å². The first kappa shape index (κ1) is 14.8. The zero-order valence-electron chi connectivity index (χ0n) is 12.6. The van der Waals surface area contributed by atoms with E-state index in [0.29, 0.717) is 6.54 Å². The van der Waals surface area contributed by atoms with Gasteiger partial charge in [-0.2, -0.15) is 0 Å². The van der Waals surface area contributed by atoms with E-state index in [1.807, 2.05) is 4.90 Å². The van der Waals surface area contributed by atoms with Crippen LogP contribution in [0.2, 0.25) is 0 Å². The fourth-order valence-electron chi connectivity index (χ4n) is 3.67. The monoisotopic (exact) mass is 294 g/mol. The van der Waals surface area contributed by atoms with E-state index in [4.69, 9.17) is 0 Å². The van der Waals surface area contributed by atoms with Crippen molar-refractivity contribution >= 4 is 11.8 Å². The summed E-state index contributed by atoms with van der Waals surface area (Å²) in [5, 5.41) is 12.3. The SMILES string of the molecule is O=C(NCC1(CO)CC1)C1CCCN1C(=O)C1CCCC1. The van der Waals surface area contributed by atoms with Crippen LogP contribution in [-0.2, 0) is 9.59 Å². The molecule has 2 saturated carbocycles. The summed E-state index contributed by atoms with van der Waals surface area (Å²) in [4.78, 5) is 26.7. The van der Waals surface area contributed by atoms with E-state index in [0.717, 1.165) is 57.9 Å². The quantitative estimate of drug-likeness (QED) is 0.796. The first-order valence-corrected chi connectivity index (χ1v) is 8.34. The van der Waals surface area contributed by atoms with Crippen LogP contribution in [0, 0.1) is 11.3 Å². The van der Waals surface area contributed by atoms with Gasteiger partial charge in [-0.25, -0.2) is 0 Å². The molecule has 118 valence electrons. The molecule has 5 heteroatoms. The summed E-state index contributed by atoms with van der Waals surface area (Å²) in [6.45, 7) is 1.41. The molecule has 0 bridgehead atoms. The number of aliphatic hydroxyl groups excluding tert-OH is 1. The predicted octanol–water partition coefficient (Wildman–Crippen LogP) is 1.06. The van der Waals surface area contributed by atoms with Crippen molar-refractivity contribution in [3.8, 4) is 0 Å². The Bertz CT molecular complexity index is 414. The average Bonchev–Trinajstić information content (AvgIpc) is 2.95. The number of hydrogen-bond donors (Lipinski definition) is 2. The molecule has 2 aliphatic carbocycles. The molecule has 2 amide bonds. The number of aliphatic hydroxyl groups is 1. The molecule has 1 unspecified atom stereocenters. The third-order valence-electron chi connectivity index (χ3n) is 5.47. The maximum absolute atomic E-state index is 12.5. The third-order valence-corrected chi connectivity index (χ3v) is 5.47. The van der Waals surface area contributed by atoms with Crippen LogP contribution in [0.15, 0.2) is 0 Å². The van der Waals surface area contributed by atoms with E-state index in [2.05, 4.69) is 5.32 Å². The Kier molecular flexibility index (Phi) is 4.20. The fourth-order valence-corrected chi connectivity index (χ4v) is 3.67. The van der Waals surface area contributed by atoms with Gasteiger partial charge in [0.1, 0.15) is 6.04 Å². The number of carbonyl (C=O) groups is 2. The minimum absolute atomic E-state index is 0.0291. The van der Waals surface area contributed by atoms with Gasteiger partial charge in [-0.15, -0.1) is 0 Å². The second kappa shape index (κ2) is 5.95. The van der Waals surface area contributed by atoms with E-state index >= 15 is 0 Å². The van der Waals surface area contributed by atoms with Crippen molar-refractivity contribution in [1.82, 2.24) is 10.2 Å². The van der Waals surface area contributed by atoms with Crippen LogP contribution in [0.1, 0.15) is 51.4 Å². The van der Waals surface area contributed by atoms with Gasteiger partial charge in [-0.3, -0.25) is 9.59 Å². The molecule has 3 fully saturated rings. The molecule has 1 saturated heterocycles. The third kappa shape index (κ3) is 3.07. The Morgan fingerprint density at radius 1 is 1.14 bits per heavy atom. The summed E-state index contributed by atoms with van der Waals surface area (Å²) in [6, 6.07) is -0.285. The molecule has 5 nitrogen and oxygen atoms in total. The summed E-state index contributed by atoms with van der Waals surface area (Å²) >= 11 is 0. The van der Waals surface area contributed by atoms with Crippen molar-refractivity contribution in [2.45, 2.75) is 57.4 Å². The van der Waals surface area contributed by atoms with Crippen LogP contribution < -0.4 is 5.32 Å². The van der Waals surface area contributed by atoms with E-state index < -0.39 is 0 Å². The number of carbonyl (C=O) groups excluding carboxylic acids is 2. The number of nitrogens with zero attached hydrogens (tertiary/aromatic N) is 1. The maximum Gasteiger partial charge on any atom is 0.242 e. The fraction of sp³-hybridized carbons (Fsp3) is 0.875. The van der Waals surface area contributed by atoms with Crippen molar-refractivity contribution in [3.05, 3.63) is 0 Å². The van der Waals surface area contributed by atoms with Gasteiger partial charge in [0.25, 0.3) is 0 Å². The lowest BCUT2D eigenvalue weighted by molar-refractivity contribution is -0.141. The molecule has 2 N–H and O–H groups in total. The predicted molar refractivity (Wildman–Crippen MR) is 78.5 cm³/mol. The van der Waals surface area contributed by atoms with Crippen molar-refractivity contribution < 1.29 is 14.7 Å². The number of nitrogens with one attached hydrogen (secondary N) is 1. The molecule has 0 radical (unpaired) electrons. The van der Waals surface area contributed by atoms with E-state index in [-0.39, 0.29) is 35.8 Å². The van der Waals surface area contributed by atoms with E-state index in [1.54, 1.807) is 0 Å². The van der Waals surface area contributed by atoms with Crippen molar-refractivity contribution in [1.29, 1.82) is 0 Å². The minimum Gasteiger partial charge on any atom is -0.396 e. The van der Waals surface area contributed by atoms with Gasteiger partial charge in [0.2, 0.25) is 11.8 Å². The molecular weight excluding hydrogens is 268 g/mol. The average molecular weight is 294 g/mol. The van der Waals surface area contributed by atoms with Gasteiger partial charge in [-0.1, -0.05) is 12.8 Å². The molecule has 3 rings (SSSR count). The molecular formula is C16H26N2O3. The standard InChI is InChI=1S/C16H26N2O3/c19-11-16(7-8-16)10-17-14(20)13-6-3-9-18(13)15(21)12-4-1-2-5-12/h12-13,19H,1-11H2,(H,17,20). The zero-order chi connectivity index (χ0) is 14.9. The summed E-state index contributed by atoms with van der Waals surface area (Å²) in [5.41, 5.74) is -0.0748. The second-order valence-electron chi connectivity index (χ2n) is 7.05. The van der Waals surface area contributed by atoms with Crippen LogP contribution >= 0.6 is 0 Å². The summed E-state index contributed by atoms with van der Waals surface area (Å²) in [5.74, 6) is 0.303. The lowest BCUT2D eigenvalue weighted by atomic mass is 10.1. The molecule has 3 aliphatic rings. The molecule has 1 aliphatic heterocycles. The van der Waals surface area contributed by atoms with Crippen LogP contribution in [0.25, 0.3) is 0 Å². The lowest BCUT2D eigenvalue weighted by Crippen LogP contribution is -2.48. The highest BCUT2D eigenvalue weighted by Gasteiger charge is 2.43. The Morgan fingerprint density at radius 3 is 2.48 bits per heavy atom. The van der Waals surface area contributed by atoms with Gasteiger partial charge >= 0.3 is 0 Å². The van der Waals surface area contributed by atoms with Crippen LogP contribution in [0.4, 0.5) is 0 Å². The highest BCUT2D eigenvalue weighted by Crippen LogP contribution is 2.44. The number of amides is 2. The Labute approximate surface area is 126 Å². The lowest BCUT2D eigenvalue weighted by Gasteiger charge is -2.27. The second-order valence-corrected chi connectivity index (χ2v) is 7.05. The number of hydrogen-bond acceptors (Lipinski definition) is 3. The number of likely N-dealkylation sites (tertiary alicyclic amines) is 1. The zero-order valence-corrected chi connectivity index (χ0v) is 12.6. The number of rotatable bonds is 5. The molecule has 0 aromatic heterocycles. The molecule has 1 atom stereocenters. The van der Waals surface area contributed by atoms with Crippen molar-refractivity contribution in [2.24, 2.45) is 11.3 Å². The van der Waals surface area contributed by atoms with Crippen LogP contribution in [0.5, 0.6) is 0 Å². The summed E-state index contributed by atoms with van der Waals surface area (Å²) in [6.07, 6.45) is 7.91. The normalized spacial score (nSPS) is 27.9. The molecule has 21 heavy (non-hydrogen) atoms. The van der Waals surface area contributed by atoms with Gasteiger partial charge in [-0.05, 0) is 38.5 Å². The Morgan fingerprint density at radius 2 is 1.86 bits per heavy atom. The highest BCUT2D eigenvalue weighted by molar-refractivity contribution is 5.89. The van der Waals surface area contributed by atoms with E-state index in [9.17, 15) is 14.7 Å². The minimum atomic E-state index is -0.285. The Hall–Kier alpha value is -1.10. The first-order valence-electron chi connectivity index (χ1n) is 8.34. The van der Waals surface area contributed by atoms with Crippen LogP contribution in [-0.4, -0.2) is 47.6 Å². The molecule has 0 aromatic rings. The van der Waals surface area contributed by atoms with Crippen molar-refractivity contribution in [2.75, 3.05) is 19.7 Å². The smallest absolute Gasteiger partial charge is 0.242 e. The topological polar surface area (TPSA) is 69.6 Å².